The first-order valence-electron chi connectivity index (χ1n) is 5.23. The molecule has 0 atom stereocenters. The predicted molar refractivity (Wildman–Crippen MR) is 70.4 cm³/mol. The molecule has 96 valence electrons. The highest BCUT2D eigenvalue weighted by Crippen LogP contribution is 2.26. The molecule has 0 radical (unpaired) electrons. The Morgan fingerprint density at radius 3 is 2.37 bits per heavy atom. The second kappa shape index (κ2) is 5.31. The average molecular weight is 294 g/mol. The first-order valence-corrected chi connectivity index (χ1v) is 7.01. The van der Waals surface area contributed by atoms with Gasteiger partial charge in [0.05, 0.1) is 10.6 Å². The molecule has 0 bridgehead atoms. The van der Waals surface area contributed by atoms with E-state index >= 15 is 0 Å². The molecule has 0 aliphatic heterocycles. The minimum Gasteiger partial charge on any atom is -0.378 e. The van der Waals surface area contributed by atoms with Gasteiger partial charge in [0.25, 0.3) is 0 Å². The number of hydrogen-bond acceptors (Lipinski definition) is 4. The van der Waals surface area contributed by atoms with E-state index in [1.165, 1.54) is 24.3 Å². The Balaban J connectivity index is 2.44. The summed E-state index contributed by atoms with van der Waals surface area (Å²) in [4.78, 5) is -0.135. The lowest BCUT2D eigenvalue weighted by Gasteiger charge is -2.09. The highest BCUT2D eigenvalue weighted by atomic mass is 35.5. The molecule has 0 aromatic heterocycles. The molecule has 0 saturated carbocycles. The van der Waals surface area contributed by atoms with Crippen LogP contribution in [0.15, 0.2) is 53.4 Å². The van der Waals surface area contributed by atoms with Gasteiger partial charge in [0.15, 0.2) is 5.75 Å². The third kappa shape index (κ3) is 2.87. The van der Waals surface area contributed by atoms with Gasteiger partial charge in [-0.15, -0.1) is 0 Å². The van der Waals surface area contributed by atoms with Crippen LogP contribution < -0.4 is 4.18 Å². The number of halogens is 1. The van der Waals surface area contributed by atoms with Crippen LogP contribution in [0.3, 0.4) is 0 Å². The van der Waals surface area contributed by atoms with E-state index in [2.05, 4.69) is 0 Å². The Kier molecular flexibility index (Phi) is 3.74. The summed E-state index contributed by atoms with van der Waals surface area (Å²) in [5.41, 5.74) is 0.137. The maximum Gasteiger partial charge on any atom is 0.340 e. The third-order valence-electron chi connectivity index (χ3n) is 2.31. The van der Waals surface area contributed by atoms with E-state index in [4.69, 9.17) is 21.0 Å². The van der Waals surface area contributed by atoms with Crippen LogP contribution in [0.4, 0.5) is 0 Å². The predicted octanol–water partition coefficient (Wildman–Crippen LogP) is 2.98. The average Bonchev–Trinajstić information content (AvgIpc) is 2.39. The number of rotatable bonds is 3. The topological polar surface area (TPSA) is 67.2 Å². The maximum absolute atomic E-state index is 12.1. The first-order chi connectivity index (χ1) is 9.04. The standard InChI is InChI=1S/C13H8ClNO3S/c14-11-6-2-4-8-13(11)19(16,17)18-12-7-3-1-5-10(12)9-15/h1-8H. The molecule has 0 unspecified atom stereocenters. The minimum absolute atomic E-state index is 0.0232. The summed E-state index contributed by atoms with van der Waals surface area (Å²) in [7, 11) is -4.06. The van der Waals surface area contributed by atoms with Crippen LogP contribution in [0.25, 0.3) is 0 Å². The molecule has 0 amide bonds. The zero-order chi connectivity index (χ0) is 13.9. The molecule has 2 aromatic carbocycles. The lowest BCUT2D eigenvalue weighted by Crippen LogP contribution is -2.11. The van der Waals surface area contributed by atoms with Crippen molar-refractivity contribution in [3.05, 3.63) is 59.1 Å². The van der Waals surface area contributed by atoms with E-state index in [0.717, 1.165) is 0 Å². The van der Waals surface area contributed by atoms with E-state index in [1.807, 2.05) is 6.07 Å². The van der Waals surface area contributed by atoms with Crippen molar-refractivity contribution >= 4 is 21.7 Å². The molecule has 0 aliphatic rings. The Morgan fingerprint density at radius 2 is 1.68 bits per heavy atom. The Labute approximate surface area is 115 Å². The molecule has 4 nitrogen and oxygen atoms in total. The summed E-state index contributed by atoms with van der Waals surface area (Å²) in [5, 5.41) is 8.96. The number of nitriles is 1. The van der Waals surface area contributed by atoms with Crippen LogP contribution in [0.1, 0.15) is 5.56 Å². The largest absolute Gasteiger partial charge is 0.378 e. The van der Waals surface area contributed by atoms with Crippen molar-refractivity contribution in [1.82, 2.24) is 0 Å². The molecule has 19 heavy (non-hydrogen) atoms. The van der Waals surface area contributed by atoms with Crippen molar-refractivity contribution in [2.24, 2.45) is 0 Å². The lowest BCUT2D eigenvalue weighted by molar-refractivity contribution is 0.485. The zero-order valence-electron chi connectivity index (χ0n) is 9.58. The summed E-state index contributed by atoms with van der Waals surface area (Å²) in [6.45, 7) is 0. The number of hydrogen-bond donors (Lipinski definition) is 0. The van der Waals surface area contributed by atoms with Gasteiger partial charge in [-0.25, -0.2) is 0 Å². The van der Waals surface area contributed by atoms with Gasteiger partial charge in [0.1, 0.15) is 11.0 Å². The smallest absolute Gasteiger partial charge is 0.340 e. The molecule has 2 aromatic rings. The van der Waals surface area contributed by atoms with Crippen LogP contribution in [0.2, 0.25) is 5.02 Å². The molecule has 2 rings (SSSR count). The molecule has 0 fully saturated rings. The highest BCUT2D eigenvalue weighted by molar-refractivity contribution is 7.87. The second-order valence-corrected chi connectivity index (χ2v) is 5.50. The zero-order valence-corrected chi connectivity index (χ0v) is 11.1. The number of nitrogens with zero attached hydrogens (tertiary/aromatic N) is 1. The van der Waals surface area contributed by atoms with Crippen molar-refractivity contribution in [3.63, 3.8) is 0 Å². The van der Waals surface area contributed by atoms with E-state index in [-0.39, 0.29) is 21.2 Å². The summed E-state index contributed by atoms with van der Waals surface area (Å²) < 4.78 is 29.1. The molecule has 0 spiro atoms. The number of benzene rings is 2. The quantitative estimate of drug-likeness (QED) is 0.816. The maximum atomic E-state index is 12.1. The van der Waals surface area contributed by atoms with E-state index in [0.29, 0.717) is 0 Å². The van der Waals surface area contributed by atoms with Gasteiger partial charge in [0, 0.05) is 0 Å². The fourth-order valence-electron chi connectivity index (χ4n) is 1.44. The summed E-state index contributed by atoms with van der Waals surface area (Å²) in [5.74, 6) is -0.0232. The lowest BCUT2D eigenvalue weighted by atomic mass is 10.2. The molecule has 0 N–H and O–H groups in total. The van der Waals surface area contributed by atoms with Crippen LogP contribution in [0, 0.1) is 11.3 Å². The van der Waals surface area contributed by atoms with Crippen LogP contribution in [-0.4, -0.2) is 8.42 Å². The van der Waals surface area contributed by atoms with Crippen molar-refractivity contribution in [3.8, 4) is 11.8 Å². The van der Waals surface area contributed by atoms with Crippen molar-refractivity contribution in [2.45, 2.75) is 4.90 Å². The Hall–Kier alpha value is -2.03. The molecule has 0 heterocycles. The summed E-state index contributed by atoms with van der Waals surface area (Å²) in [6.07, 6.45) is 0. The fourth-order valence-corrected chi connectivity index (χ4v) is 2.89. The highest BCUT2D eigenvalue weighted by Gasteiger charge is 2.21. The van der Waals surface area contributed by atoms with Crippen LogP contribution in [-0.2, 0) is 10.1 Å². The van der Waals surface area contributed by atoms with Crippen LogP contribution >= 0.6 is 11.6 Å². The van der Waals surface area contributed by atoms with E-state index in [9.17, 15) is 8.42 Å². The van der Waals surface area contributed by atoms with Gasteiger partial charge in [-0.3, -0.25) is 0 Å². The summed E-state index contributed by atoms with van der Waals surface area (Å²) >= 11 is 5.82. The van der Waals surface area contributed by atoms with Crippen LogP contribution in [0.5, 0.6) is 5.75 Å². The van der Waals surface area contributed by atoms with Crippen molar-refractivity contribution in [1.29, 1.82) is 5.26 Å². The third-order valence-corrected chi connectivity index (χ3v) is 4.05. The normalized spacial score (nSPS) is 10.7. The fraction of sp³-hybridized carbons (Fsp3) is 0. The monoisotopic (exact) mass is 293 g/mol. The van der Waals surface area contributed by atoms with Gasteiger partial charge in [-0.05, 0) is 24.3 Å². The molecular formula is C13H8ClNO3S. The van der Waals surface area contributed by atoms with Crippen molar-refractivity contribution in [2.75, 3.05) is 0 Å². The molecule has 0 saturated heterocycles. The number of para-hydroxylation sites is 1. The molecule has 6 heteroatoms. The van der Waals surface area contributed by atoms with Gasteiger partial charge in [0.2, 0.25) is 0 Å². The minimum atomic E-state index is -4.06. The SMILES string of the molecule is N#Cc1ccccc1OS(=O)(=O)c1ccccc1Cl. The van der Waals surface area contributed by atoms with Gasteiger partial charge >= 0.3 is 10.1 Å². The Morgan fingerprint density at radius 1 is 1.05 bits per heavy atom. The first kappa shape index (κ1) is 13.4. The summed E-state index contributed by atoms with van der Waals surface area (Å²) in [6, 6.07) is 13.9. The molecule has 0 aliphatic carbocycles. The van der Waals surface area contributed by atoms with Gasteiger partial charge < -0.3 is 4.18 Å². The second-order valence-electron chi connectivity index (χ2n) is 3.58. The van der Waals surface area contributed by atoms with E-state index < -0.39 is 10.1 Å². The van der Waals surface area contributed by atoms with Gasteiger partial charge in [-0.2, -0.15) is 13.7 Å². The Bertz CT molecular complexity index is 750. The van der Waals surface area contributed by atoms with Gasteiger partial charge in [-0.1, -0.05) is 35.9 Å². The van der Waals surface area contributed by atoms with E-state index in [1.54, 1.807) is 24.3 Å². The van der Waals surface area contributed by atoms with Crippen molar-refractivity contribution < 1.29 is 12.6 Å². The molecular weight excluding hydrogens is 286 g/mol.